The molecule has 0 spiro atoms. The van der Waals surface area contributed by atoms with Crippen LogP contribution in [0.3, 0.4) is 0 Å². The molecule has 0 saturated heterocycles. The fourth-order valence-corrected chi connectivity index (χ4v) is 1.32. The molecular weight excluding hydrogens is 166 g/mol. The highest BCUT2D eigenvalue weighted by molar-refractivity contribution is 5.75. The van der Waals surface area contributed by atoms with Gasteiger partial charge >= 0.3 is 0 Å². The highest BCUT2D eigenvalue weighted by atomic mass is 16.3. The molecule has 0 bridgehead atoms. The van der Waals surface area contributed by atoms with Gasteiger partial charge in [-0.15, -0.1) is 0 Å². The van der Waals surface area contributed by atoms with E-state index in [1.54, 1.807) is 0 Å². The van der Waals surface area contributed by atoms with Crippen LogP contribution in [0.15, 0.2) is 0 Å². The first-order valence-corrected chi connectivity index (χ1v) is 5.12. The minimum Gasteiger partial charge on any atom is -0.396 e. The third-order valence-corrected chi connectivity index (χ3v) is 2.14. The molecule has 0 radical (unpaired) electrons. The summed E-state index contributed by atoms with van der Waals surface area (Å²) in [6.45, 7) is 4.88. The van der Waals surface area contributed by atoms with Crippen LogP contribution in [0.2, 0.25) is 0 Å². The smallest absolute Gasteiger partial charge is 0.219 e. The van der Waals surface area contributed by atoms with Gasteiger partial charge in [-0.3, -0.25) is 4.79 Å². The molecule has 0 heterocycles. The lowest BCUT2D eigenvalue weighted by Crippen LogP contribution is -2.29. The maximum Gasteiger partial charge on any atom is 0.219 e. The van der Waals surface area contributed by atoms with Crippen molar-refractivity contribution < 1.29 is 9.90 Å². The SMILES string of the molecule is CCCC(CCO)CNC(=O)CC. The monoisotopic (exact) mass is 187 g/mol. The predicted octanol–water partition coefficient (Wildman–Crippen LogP) is 1.31. The molecule has 13 heavy (non-hydrogen) atoms. The van der Waals surface area contributed by atoms with Gasteiger partial charge in [-0.2, -0.15) is 0 Å². The minimum absolute atomic E-state index is 0.0963. The van der Waals surface area contributed by atoms with Crippen molar-refractivity contribution in [2.24, 2.45) is 5.92 Å². The first-order valence-electron chi connectivity index (χ1n) is 5.12. The van der Waals surface area contributed by atoms with Crippen LogP contribution in [0.5, 0.6) is 0 Å². The van der Waals surface area contributed by atoms with Crippen LogP contribution in [-0.4, -0.2) is 24.2 Å². The van der Waals surface area contributed by atoms with Crippen molar-refractivity contribution in [2.45, 2.75) is 39.5 Å². The molecule has 78 valence electrons. The van der Waals surface area contributed by atoms with E-state index in [-0.39, 0.29) is 12.5 Å². The molecule has 2 N–H and O–H groups in total. The Labute approximate surface area is 80.5 Å². The molecule has 0 rings (SSSR count). The van der Waals surface area contributed by atoms with Crippen molar-refractivity contribution in [3.63, 3.8) is 0 Å². The van der Waals surface area contributed by atoms with Crippen molar-refractivity contribution in [3.8, 4) is 0 Å². The first kappa shape index (κ1) is 12.4. The summed E-state index contributed by atoms with van der Waals surface area (Å²) in [6, 6.07) is 0. The number of hydrogen-bond donors (Lipinski definition) is 2. The molecule has 0 aromatic rings. The third kappa shape index (κ3) is 6.58. The van der Waals surface area contributed by atoms with Crippen molar-refractivity contribution >= 4 is 5.91 Å². The van der Waals surface area contributed by atoms with Crippen LogP contribution in [-0.2, 0) is 4.79 Å². The number of nitrogens with one attached hydrogen (secondary N) is 1. The number of aliphatic hydroxyl groups is 1. The van der Waals surface area contributed by atoms with Crippen LogP contribution in [0.1, 0.15) is 39.5 Å². The van der Waals surface area contributed by atoms with Gasteiger partial charge in [0.1, 0.15) is 0 Å². The molecule has 1 atom stereocenters. The Kier molecular flexibility index (Phi) is 7.69. The summed E-state index contributed by atoms with van der Waals surface area (Å²) in [5, 5.41) is 11.6. The quantitative estimate of drug-likeness (QED) is 0.631. The molecule has 3 heteroatoms. The number of rotatable bonds is 7. The van der Waals surface area contributed by atoms with Crippen molar-refractivity contribution in [2.75, 3.05) is 13.2 Å². The number of aliphatic hydroxyl groups excluding tert-OH is 1. The molecular formula is C10H21NO2. The highest BCUT2D eigenvalue weighted by Gasteiger charge is 2.07. The van der Waals surface area contributed by atoms with Gasteiger partial charge in [-0.05, 0) is 18.8 Å². The van der Waals surface area contributed by atoms with E-state index >= 15 is 0 Å². The molecule has 3 nitrogen and oxygen atoms in total. The number of carbonyl (C=O) groups excluding carboxylic acids is 1. The second kappa shape index (κ2) is 8.05. The van der Waals surface area contributed by atoms with Gasteiger partial charge in [0.25, 0.3) is 0 Å². The second-order valence-corrected chi connectivity index (χ2v) is 3.32. The lowest BCUT2D eigenvalue weighted by atomic mass is 10.0. The molecule has 1 unspecified atom stereocenters. The van der Waals surface area contributed by atoms with Crippen LogP contribution in [0, 0.1) is 5.92 Å². The number of hydrogen-bond acceptors (Lipinski definition) is 2. The van der Waals surface area contributed by atoms with E-state index in [1.165, 1.54) is 0 Å². The fraction of sp³-hybridized carbons (Fsp3) is 0.900. The lowest BCUT2D eigenvalue weighted by molar-refractivity contribution is -0.121. The molecule has 1 amide bonds. The van der Waals surface area contributed by atoms with Gasteiger partial charge in [0.05, 0.1) is 0 Å². The highest BCUT2D eigenvalue weighted by Crippen LogP contribution is 2.09. The zero-order valence-electron chi connectivity index (χ0n) is 8.68. The molecule has 0 aliphatic rings. The van der Waals surface area contributed by atoms with Crippen molar-refractivity contribution in [3.05, 3.63) is 0 Å². The largest absolute Gasteiger partial charge is 0.396 e. The average Bonchev–Trinajstić information content (AvgIpc) is 2.14. The maximum atomic E-state index is 11.0. The Morgan fingerprint density at radius 1 is 1.38 bits per heavy atom. The third-order valence-electron chi connectivity index (χ3n) is 2.14. The Balaban J connectivity index is 3.61. The van der Waals surface area contributed by atoms with Crippen LogP contribution in [0.25, 0.3) is 0 Å². The van der Waals surface area contributed by atoms with E-state index in [2.05, 4.69) is 12.2 Å². The second-order valence-electron chi connectivity index (χ2n) is 3.32. The maximum absolute atomic E-state index is 11.0. The summed E-state index contributed by atoms with van der Waals surface area (Å²) in [6.07, 6.45) is 3.51. The standard InChI is InChI=1S/C10H21NO2/c1-3-5-9(6-7-12)8-11-10(13)4-2/h9,12H,3-8H2,1-2H3,(H,11,13). The van der Waals surface area contributed by atoms with E-state index in [0.717, 1.165) is 19.3 Å². The lowest BCUT2D eigenvalue weighted by Gasteiger charge is -2.15. The summed E-state index contributed by atoms with van der Waals surface area (Å²) >= 11 is 0. The van der Waals surface area contributed by atoms with E-state index in [9.17, 15) is 4.79 Å². The van der Waals surface area contributed by atoms with E-state index in [0.29, 0.717) is 18.9 Å². The molecule has 0 aromatic heterocycles. The Hall–Kier alpha value is -0.570. The zero-order valence-corrected chi connectivity index (χ0v) is 8.68. The van der Waals surface area contributed by atoms with Crippen LogP contribution in [0.4, 0.5) is 0 Å². The number of amides is 1. The van der Waals surface area contributed by atoms with Crippen LogP contribution < -0.4 is 5.32 Å². The van der Waals surface area contributed by atoms with Gasteiger partial charge in [0, 0.05) is 19.6 Å². The summed E-state index contributed by atoms with van der Waals surface area (Å²) in [5.74, 6) is 0.532. The number of carbonyl (C=O) groups is 1. The molecule has 0 saturated carbocycles. The summed E-state index contributed by atoms with van der Waals surface area (Å²) in [4.78, 5) is 11.0. The summed E-state index contributed by atoms with van der Waals surface area (Å²) in [5.41, 5.74) is 0. The first-order chi connectivity index (χ1) is 6.24. The Bertz CT molecular complexity index is 131. The summed E-state index contributed by atoms with van der Waals surface area (Å²) in [7, 11) is 0. The van der Waals surface area contributed by atoms with Gasteiger partial charge in [0.2, 0.25) is 5.91 Å². The zero-order chi connectivity index (χ0) is 10.1. The Morgan fingerprint density at radius 3 is 2.54 bits per heavy atom. The normalized spacial score (nSPS) is 12.5. The summed E-state index contributed by atoms with van der Waals surface area (Å²) < 4.78 is 0. The average molecular weight is 187 g/mol. The Morgan fingerprint density at radius 2 is 2.08 bits per heavy atom. The van der Waals surface area contributed by atoms with Gasteiger partial charge in [0.15, 0.2) is 0 Å². The van der Waals surface area contributed by atoms with Gasteiger partial charge in [-0.25, -0.2) is 0 Å². The van der Waals surface area contributed by atoms with Crippen molar-refractivity contribution in [1.82, 2.24) is 5.32 Å². The topological polar surface area (TPSA) is 49.3 Å². The molecule has 0 fully saturated rings. The molecule has 0 aliphatic carbocycles. The predicted molar refractivity (Wildman–Crippen MR) is 53.4 cm³/mol. The van der Waals surface area contributed by atoms with E-state index < -0.39 is 0 Å². The van der Waals surface area contributed by atoms with Gasteiger partial charge in [-0.1, -0.05) is 20.3 Å². The molecule has 0 aliphatic heterocycles. The van der Waals surface area contributed by atoms with E-state index in [4.69, 9.17) is 5.11 Å². The van der Waals surface area contributed by atoms with Crippen molar-refractivity contribution in [1.29, 1.82) is 0 Å². The van der Waals surface area contributed by atoms with Gasteiger partial charge < -0.3 is 10.4 Å². The van der Waals surface area contributed by atoms with Crippen LogP contribution >= 0.6 is 0 Å². The molecule has 0 aromatic carbocycles. The fourth-order valence-electron chi connectivity index (χ4n) is 1.32. The van der Waals surface area contributed by atoms with E-state index in [1.807, 2.05) is 6.92 Å². The minimum atomic E-state index is 0.0963.